The minimum absolute atomic E-state index is 0.0479. The lowest BCUT2D eigenvalue weighted by Crippen LogP contribution is -2.29. The van der Waals surface area contributed by atoms with Crippen LogP contribution in [0.3, 0.4) is 0 Å². The van der Waals surface area contributed by atoms with Crippen molar-refractivity contribution in [2.75, 3.05) is 26.4 Å². The molecule has 0 aromatic rings. The van der Waals surface area contributed by atoms with Gasteiger partial charge in [0.25, 0.3) is 0 Å². The number of esters is 2. The fourth-order valence-corrected chi connectivity index (χ4v) is 7.65. The standard InChI is InChI=1S/C49H92NO8P/c1-3-5-7-9-11-13-15-17-19-21-22-23-24-26-28-30-32-34-36-38-40-42-49(52)58-47(46-57-59(53,54)56-44-43-50)45-55-48(51)41-39-37-35-33-31-29-27-25-20-18-16-14-12-10-8-6-4-2/h18,20,27,29,33,35,47H,3-17,19,21-26,28,30-32,34,36-46,50H2,1-2H3,(H,53,54)/b20-18+,29-27+,35-33+/t47-/m1/s1. The first-order valence-corrected chi connectivity index (χ1v) is 26.0. The van der Waals surface area contributed by atoms with E-state index >= 15 is 0 Å². The third-order valence-electron chi connectivity index (χ3n) is 10.5. The summed E-state index contributed by atoms with van der Waals surface area (Å²) in [6.45, 7) is 3.70. The zero-order chi connectivity index (χ0) is 43.2. The van der Waals surface area contributed by atoms with E-state index in [-0.39, 0.29) is 32.6 Å². The first-order valence-electron chi connectivity index (χ1n) is 24.5. The summed E-state index contributed by atoms with van der Waals surface area (Å²) in [5.41, 5.74) is 5.36. The fraction of sp³-hybridized carbons (Fsp3) is 0.837. The Morgan fingerprint density at radius 1 is 0.508 bits per heavy atom. The maximum Gasteiger partial charge on any atom is 0.472 e. The average molecular weight is 854 g/mol. The summed E-state index contributed by atoms with van der Waals surface area (Å²) in [6, 6.07) is 0. The third-order valence-corrected chi connectivity index (χ3v) is 11.5. The van der Waals surface area contributed by atoms with Crippen LogP contribution in [-0.2, 0) is 32.7 Å². The predicted molar refractivity (Wildman–Crippen MR) is 247 cm³/mol. The van der Waals surface area contributed by atoms with Gasteiger partial charge in [-0.1, -0.05) is 211 Å². The molecular weight excluding hydrogens is 762 g/mol. The van der Waals surface area contributed by atoms with Crippen LogP contribution in [-0.4, -0.2) is 49.3 Å². The van der Waals surface area contributed by atoms with Gasteiger partial charge >= 0.3 is 19.8 Å². The number of carbonyl (C=O) groups is 2. The molecule has 0 aromatic carbocycles. The van der Waals surface area contributed by atoms with Crippen LogP contribution < -0.4 is 5.73 Å². The van der Waals surface area contributed by atoms with E-state index < -0.39 is 32.5 Å². The van der Waals surface area contributed by atoms with Crippen molar-refractivity contribution in [3.05, 3.63) is 36.5 Å². The Kier molecular flexibility index (Phi) is 44.4. The Hall–Kier alpha value is -1.77. The van der Waals surface area contributed by atoms with Gasteiger partial charge in [-0.2, -0.15) is 0 Å². The van der Waals surface area contributed by atoms with Crippen LogP contribution in [0, 0.1) is 0 Å². The molecule has 3 N–H and O–H groups in total. The third kappa shape index (κ3) is 45.6. The van der Waals surface area contributed by atoms with Crippen molar-refractivity contribution in [2.24, 2.45) is 5.73 Å². The minimum atomic E-state index is -4.39. The lowest BCUT2D eigenvalue weighted by atomic mass is 10.0. The number of unbranched alkanes of at least 4 members (excludes halogenated alkanes) is 27. The topological polar surface area (TPSA) is 134 Å². The van der Waals surface area contributed by atoms with Crippen LogP contribution in [0.5, 0.6) is 0 Å². The van der Waals surface area contributed by atoms with Gasteiger partial charge in [-0.3, -0.25) is 18.6 Å². The molecule has 0 aliphatic carbocycles. The van der Waals surface area contributed by atoms with Crippen molar-refractivity contribution in [3.63, 3.8) is 0 Å². The van der Waals surface area contributed by atoms with Gasteiger partial charge in [-0.25, -0.2) is 4.57 Å². The highest BCUT2D eigenvalue weighted by Gasteiger charge is 2.26. The lowest BCUT2D eigenvalue weighted by molar-refractivity contribution is -0.161. The second-order valence-corrected chi connectivity index (χ2v) is 17.8. The number of phosphoric acid groups is 1. The lowest BCUT2D eigenvalue weighted by Gasteiger charge is -2.19. The molecule has 0 radical (unpaired) electrons. The number of phosphoric ester groups is 1. The van der Waals surface area contributed by atoms with Gasteiger partial charge in [0.15, 0.2) is 6.10 Å². The molecule has 0 aromatic heterocycles. The van der Waals surface area contributed by atoms with Crippen molar-refractivity contribution in [3.8, 4) is 0 Å². The molecule has 346 valence electrons. The van der Waals surface area contributed by atoms with E-state index in [4.69, 9.17) is 24.3 Å². The Morgan fingerprint density at radius 3 is 1.36 bits per heavy atom. The molecular formula is C49H92NO8P. The molecule has 0 aliphatic heterocycles. The summed E-state index contributed by atoms with van der Waals surface area (Å²) in [6.07, 6.45) is 51.9. The first-order chi connectivity index (χ1) is 28.8. The van der Waals surface area contributed by atoms with Gasteiger partial charge < -0.3 is 20.1 Å². The molecule has 0 bridgehead atoms. The van der Waals surface area contributed by atoms with Gasteiger partial charge in [0, 0.05) is 19.4 Å². The summed E-state index contributed by atoms with van der Waals surface area (Å²) < 4.78 is 32.8. The summed E-state index contributed by atoms with van der Waals surface area (Å²) in [7, 11) is -4.39. The van der Waals surface area contributed by atoms with Crippen LogP contribution in [0.4, 0.5) is 0 Å². The van der Waals surface area contributed by atoms with E-state index in [0.29, 0.717) is 12.8 Å². The van der Waals surface area contributed by atoms with Crippen LogP contribution >= 0.6 is 7.82 Å². The molecule has 0 fully saturated rings. The van der Waals surface area contributed by atoms with E-state index in [1.807, 2.05) is 0 Å². The molecule has 0 aliphatic rings. The average Bonchev–Trinajstić information content (AvgIpc) is 3.22. The number of hydrogen-bond donors (Lipinski definition) is 2. The van der Waals surface area contributed by atoms with Crippen LogP contribution in [0.2, 0.25) is 0 Å². The molecule has 0 spiro atoms. The highest BCUT2D eigenvalue weighted by Crippen LogP contribution is 2.43. The number of allylic oxidation sites excluding steroid dienone is 6. The highest BCUT2D eigenvalue weighted by molar-refractivity contribution is 7.47. The number of carbonyl (C=O) groups excluding carboxylic acids is 2. The van der Waals surface area contributed by atoms with Gasteiger partial charge in [-0.05, 0) is 44.9 Å². The molecule has 0 saturated carbocycles. The van der Waals surface area contributed by atoms with Gasteiger partial charge in [0.2, 0.25) is 0 Å². The molecule has 1 unspecified atom stereocenters. The number of rotatable bonds is 46. The molecule has 0 amide bonds. The van der Waals surface area contributed by atoms with Gasteiger partial charge in [-0.15, -0.1) is 0 Å². The van der Waals surface area contributed by atoms with Gasteiger partial charge in [0.1, 0.15) is 6.61 Å². The predicted octanol–water partition coefficient (Wildman–Crippen LogP) is 14.5. The van der Waals surface area contributed by atoms with E-state index in [0.717, 1.165) is 38.5 Å². The first kappa shape index (κ1) is 57.2. The smallest absolute Gasteiger partial charge is 0.462 e. The Balaban J connectivity index is 4.11. The summed E-state index contributed by atoms with van der Waals surface area (Å²) >= 11 is 0. The van der Waals surface area contributed by atoms with Crippen LogP contribution in [0.1, 0.15) is 232 Å². The maximum absolute atomic E-state index is 12.6. The van der Waals surface area contributed by atoms with E-state index in [1.165, 1.54) is 154 Å². The Labute approximate surface area is 363 Å². The number of nitrogens with two attached hydrogens (primary N) is 1. The fourth-order valence-electron chi connectivity index (χ4n) is 6.89. The summed E-state index contributed by atoms with van der Waals surface area (Å²) in [5, 5.41) is 0. The summed E-state index contributed by atoms with van der Waals surface area (Å²) in [5.74, 6) is -0.880. The number of ether oxygens (including phenoxy) is 2. The van der Waals surface area contributed by atoms with Crippen LogP contribution in [0.15, 0.2) is 36.5 Å². The zero-order valence-electron chi connectivity index (χ0n) is 38.2. The van der Waals surface area contributed by atoms with Crippen LogP contribution in [0.25, 0.3) is 0 Å². The zero-order valence-corrected chi connectivity index (χ0v) is 39.1. The maximum atomic E-state index is 12.6. The molecule has 0 rings (SSSR count). The largest absolute Gasteiger partial charge is 0.472 e. The molecule has 59 heavy (non-hydrogen) atoms. The monoisotopic (exact) mass is 854 g/mol. The number of hydrogen-bond acceptors (Lipinski definition) is 8. The SMILES string of the molecule is CCCCCCCC/C=C/C/C=C/C/C=C/CCCC(=O)OC[C@H](COP(=O)(O)OCCN)OC(=O)CCCCCCCCCCCCCCCCCCCCCCC. The molecule has 9 nitrogen and oxygen atoms in total. The van der Waals surface area contributed by atoms with E-state index in [9.17, 15) is 19.0 Å². The Bertz CT molecular complexity index is 1060. The molecule has 10 heteroatoms. The highest BCUT2D eigenvalue weighted by atomic mass is 31.2. The van der Waals surface area contributed by atoms with Gasteiger partial charge in [0.05, 0.1) is 13.2 Å². The van der Waals surface area contributed by atoms with E-state index in [1.54, 1.807) is 0 Å². The molecule has 0 saturated heterocycles. The van der Waals surface area contributed by atoms with Crippen molar-refractivity contribution in [1.82, 2.24) is 0 Å². The van der Waals surface area contributed by atoms with Crippen molar-refractivity contribution < 1.29 is 37.6 Å². The van der Waals surface area contributed by atoms with Crippen molar-refractivity contribution >= 4 is 19.8 Å². The minimum Gasteiger partial charge on any atom is -0.462 e. The molecule has 0 heterocycles. The quantitative estimate of drug-likeness (QED) is 0.0265. The molecule has 2 atom stereocenters. The second-order valence-electron chi connectivity index (χ2n) is 16.3. The Morgan fingerprint density at radius 2 is 0.898 bits per heavy atom. The normalized spacial score (nSPS) is 13.5. The second kappa shape index (κ2) is 45.7. The van der Waals surface area contributed by atoms with Crippen molar-refractivity contribution in [1.29, 1.82) is 0 Å². The van der Waals surface area contributed by atoms with E-state index in [2.05, 4.69) is 50.3 Å². The summed E-state index contributed by atoms with van der Waals surface area (Å²) in [4.78, 5) is 35.0. The van der Waals surface area contributed by atoms with Crippen molar-refractivity contribution in [2.45, 2.75) is 238 Å².